The second kappa shape index (κ2) is 5.66. The predicted octanol–water partition coefficient (Wildman–Crippen LogP) is 3.47. The molecular formula is C16H20BrNO. The van der Waals surface area contributed by atoms with Crippen LogP contribution >= 0.6 is 15.9 Å². The monoisotopic (exact) mass is 321 g/mol. The van der Waals surface area contributed by atoms with Crippen LogP contribution in [-0.2, 0) is 12.8 Å². The predicted molar refractivity (Wildman–Crippen MR) is 80.9 cm³/mol. The van der Waals surface area contributed by atoms with Gasteiger partial charge < -0.3 is 5.32 Å². The molecule has 1 aromatic rings. The highest BCUT2D eigenvalue weighted by atomic mass is 79.9. The second-order valence-electron chi connectivity index (χ2n) is 5.76. The van der Waals surface area contributed by atoms with E-state index in [0.29, 0.717) is 12.0 Å². The Balaban J connectivity index is 1.70. The molecule has 0 saturated heterocycles. The molecule has 0 radical (unpaired) electrons. The first-order chi connectivity index (χ1) is 9.28. The maximum absolute atomic E-state index is 12.3. The van der Waals surface area contributed by atoms with Gasteiger partial charge in [-0.1, -0.05) is 28.4 Å². The summed E-state index contributed by atoms with van der Waals surface area (Å²) in [5.74, 6) is 0.700. The number of amides is 1. The number of rotatable bonds is 3. The molecule has 2 unspecified atom stereocenters. The fourth-order valence-electron chi connectivity index (χ4n) is 3.38. The molecule has 1 saturated carbocycles. The third-order valence-electron chi connectivity index (χ3n) is 4.53. The zero-order valence-corrected chi connectivity index (χ0v) is 12.7. The maximum Gasteiger partial charge on any atom is 0.251 e. The summed E-state index contributed by atoms with van der Waals surface area (Å²) in [5, 5.41) is 4.21. The molecule has 2 aliphatic carbocycles. The molecule has 0 aliphatic heterocycles. The fraction of sp³-hybridized carbons (Fsp3) is 0.562. The second-order valence-corrected chi connectivity index (χ2v) is 6.41. The number of fused-ring (bicyclic) bond motifs is 1. The van der Waals surface area contributed by atoms with E-state index in [9.17, 15) is 4.79 Å². The molecule has 2 nitrogen and oxygen atoms in total. The Hall–Kier alpha value is -0.830. The number of halogens is 1. The first-order valence-electron chi connectivity index (χ1n) is 7.26. The average molecular weight is 322 g/mol. The molecule has 2 aliphatic rings. The van der Waals surface area contributed by atoms with E-state index in [1.807, 2.05) is 6.07 Å². The number of benzene rings is 1. The molecular weight excluding hydrogens is 302 g/mol. The van der Waals surface area contributed by atoms with Gasteiger partial charge in [-0.25, -0.2) is 0 Å². The summed E-state index contributed by atoms with van der Waals surface area (Å²) in [6.45, 7) is 0. The van der Waals surface area contributed by atoms with E-state index >= 15 is 0 Å². The number of hydrogen-bond donors (Lipinski definition) is 1. The number of nitrogens with one attached hydrogen (secondary N) is 1. The van der Waals surface area contributed by atoms with Gasteiger partial charge in [0.1, 0.15) is 0 Å². The lowest BCUT2D eigenvalue weighted by atomic mass is 10.0. The van der Waals surface area contributed by atoms with Crippen molar-refractivity contribution in [2.24, 2.45) is 5.92 Å². The summed E-state index contributed by atoms with van der Waals surface area (Å²) in [5.41, 5.74) is 3.63. The van der Waals surface area contributed by atoms with Gasteiger partial charge in [0, 0.05) is 16.9 Å². The summed E-state index contributed by atoms with van der Waals surface area (Å²) < 4.78 is 0. The lowest BCUT2D eigenvalue weighted by Crippen LogP contribution is -2.37. The summed E-state index contributed by atoms with van der Waals surface area (Å²) in [7, 11) is 0. The summed E-state index contributed by atoms with van der Waals surface area (Å²) in [4.78, 5) is 12.3. The van der Waals surface area contributed by atoms with E-state index in [1.165, 1.54) is 36.8 Å². The van der Waals surface area contributed by atoms with E-state index in [1.54, 1.807) is 0 Å². The van der Waals surface area contributed by atoms with Crippen molar-refractivity contribution in [3.8, 4) is 0 Å². The highest BCUT2D eigenvalue weighted by molar-refractivity contribution is 9.09. The van der Waals surface area contributed by atoms with Crippen LogP contribution in [0.4, 0.5) is 0 Å². The quantitative estimate of drug-likeness (QED) is 0.848. The largest absolute Gasteiger partial charge is 0.349 e. The van der Waals surface area contributed by atoms with Crippen molar-refractivity contribution in [1.29, 1.82) is 0 Å². The minimum atomic E-state index is 0.104. The third-order valence-corrected chi connectivity index (χ3v) is 5.37. The molecule has 1 fully saturated rings. The molecule has 2 atom stereocenters. The van der Waals surface area contributed by atoms with Crippen LogP contribution < -0.4 is 5.32 Å². The number of hydrogen-bond acceptors (Lipinski definition) is 1. The zero-order valence-electron chi connectivity index (χ0n) is 11.1. The Morgan fingerprint density at radius 1 is 1.21 bits per heavy atom. The highest BCUT2D eigenvalue weighted by Crippen LogP contribution is 2.28. The summed E-state index contributed by atoms with van der Waals surface area (Å²) in [6.07, 6.45) is 7.10. The molecule has 0 heterocycles. The molecule has 0 spiro atoms. The van der Waals surface area contributed by atoms with Gasteiger partial charge in [0.15, 0.2) is 0 Å². The van der Waals surface area contributed by atoms with Gasteiger partial charge in [-0.15, -0.1) is 0 Å². The Kier molecular flexibility index (Phi) is 3.92. The van der Waals surface area contributed by atoms with E-state index in [-0.39, 0.29) is 5.91 Å². The van der Waals surface area contributed by atoms with Gasteiger partial charge in [0.25, 0.3) is 5.91 Å². The normalized spacial score (nSPS) is 25.3. The Morgan fingerprint density at radius 3 is 2.89 bits per heavy atom. The van der Waals surface area contributed by atoms with Gasteiger partial charge in [-0.2, -0.15) is 0 Å². The van der Waals surface area contributed by atoms with Gasteiger partial charge in [0.2, 0.25) is 0 Å². The first kappa shape index (κ1) is 13.2. The highest BCUT2D eigenvalue weighted by Gasteiger charge is 2.28. The van der Waals surface area contributed by atoms with Crippen LogP contribution in [0.25, 0.3) is 0 Å². The van der Waals surface area contributed by atoms with Crippen LogP contribution in [0.2, 0.25) is 0 Å². The SMILES string of the molecule is O=C(NC1CCCC1CBr)c1ccc2c(c1)CCC2. The van der Waals surface area contributed by atoms with Crippen LogP contribution in [0.15, 0.2) is 18.2 Å². The lowest BCUT2D eigenvalue weighted by Gasteiger charge is -2.19. The Bertz CT molecular complexity index is 486. The van der Waals surface area contributed by atoms with E-state index < -0.39 is 0 Å². The van der Waals surface area contributed by atoms with Crippen molar-refractivity contribution < 1.29 is 4.79 Å². The smallest absolute Gasteiger partial charge is 0.251 e. The van der Waals surface area contributed by atoms with E-state index in [0.717, 1.165) is 23.7 Å². The van der Waals surface area contributed by atoms with Gasteiger partial charge in [0.05, 0.1) is 0 Å². The number of carbonyl (C=O) groups excluding carboxylic acids is 1. The van der Waals surface area contributed by atoms with Crippen molar-refractivity contribution in [2.75, 3.05) is 5.33 Å². The summed E-state index contributed by atoms with van der Waals surface area (Å²) in [6, 6.07) is 6.56. The van der Waals surface area contributed by atoms with Crippen LogP contribution in [0, 0.1) is 5.92 Å². The lowest BCUT2D eigenvalue weighted by molar-refractivity contribution is 0.0930. The third kappa shape index (κ3) is 2.71. The Morgan fingerprint density at radius 2 is 2.05 bits per heavy atom. The first-order valence-corrected chi connectivity index (χ1v) is 8.38. The standard InChI is InChI=1S/C16H20BrNO/c17-10-14-5-2-6-15(14)18-16(19)13-8-7-11-3-1-4-12(11)9-13/h7-9,14-15H,1-6,10H2,(H,18,19). The van der Waals surface area contributed by atoms with Crippen molar-refractivity contribution in [3.63, 3.8) is 0 Å². The molecule has 0 bridgehead atoms. The molecule has 3 rings (SSSR count). The van der Waals surface area contributed by atoms with Crippen LogP contribution in [-0.4, -0.2) is 17.3 Å². The number of aryl methyl sites for hydroxylation is 2. The topological polar surface area (TPSA) is 29.1 Å². The number of carbonyl (C=O) groups is 1. The van der Waals surface area contributed by atoms with Crippen molar-refractivity contribution in [3.05, 3.63) is 34.9 Å². The van der Waals surface area contributed by atoms with E-state index in [2.05, 4.69) is 33.4 Å². The van der Waals surface area contributed by atoms with Gasteiger partial charge >= 0.3 is 0 Å². The minimum absolute atomic E-state index is 0.104. The molecule has 1 aromatic carbocycles. The van der Waals surface area contributed by atoms with Crippen molar-refractivity contribution in [1.82, 2.24) is 5.32 Å². The fourth-order valence-corrected chi connectivity index (χ4v) is 4.15. The van der Waals surface area contributed by atoms with Gasteiger partial charge in [-0.05, 0) is 61.3 Å². The van der Waals surface area contributed by atoms with Gasteiger partial charge in [-0.3, -0.25) is 4.79 Å². The van der Waals surface area contributed by atoms with Crippen molar-refractivity contribution in [2.45, 2.75) is 44.6 Å². The zero-order chi connectivity index (χ0) is 13.2. The van der Waals surface area contributed by atoms with Crippen LogP contribution in [0.3, 0.4) is 0 Å². The Labute approximate surface area is 123 Å². The summed E-state index contributed by atoms with van der Waals surface area (Å²) >= 11 is 3.55. The molecule has 1 amide bonds. The maximum atomic E-state index is 12.3. The average Bonchev–Trinajstić information content (AvgIpc) is 3.05. The number of alkyl halides is 1. The van der Waals surface area contributed by atoms with Crippen LogP contribution in [0.5, 0.6) is 0 Å². The molecule has 1 N–H and O–H groups in total. The van der Waals surface area contributed by atoms with Crippen LogP contribution in [0.1, 0.15) is 47.2 Å². The minimum Gasteiger partial charge on any atom is -0.349 e. The molecule has 0 aromatic heterocycles. The molecule has 3 heteroatoms. The molecule has 19 heavy (non-hydrogen) atoms. The molecule has 102 valence electrons. The van der Waals surface area contributed by atoms with Crippen molar-refractivity contribution >= 4 is 21.8 Å². The van der Waals surface area contributed by atoms with E-state index in [4.69, 9.17) is 0 Å².